The van der Waals surface area contributed by atoms with E-state index in [2.05, 4.69) is 28.5 Å². The second kappa shape index (κ2) is 7.60. The van der Waals surface area contributed by atoms with Crippen molar-refractivity contribution in [2.75, 3.05) is 33.0 Å². The van der Waals surface area contributed by atoms with Gasteiger partial charge in [0.1, 0.15) is 0 Å². The number of hydrogen-bond donors (Lipinski definition) is 0. The predicted octanol–water partition coefficient (Wildman–Crippen LogP) is 2.54. The van der Waals surface area contributed by atoms with Crippen LogP contribution in [0, 0.1) is 0 Å². The summed E-state index contributed by atoms with van der Waals surface area (Å²) in [4.78, 5) is 17.4. The van der Waals surface area contributed by atoms with E-state index in [0.717, 1.165) is 31.7 Å². The third-order valence-electron chi connectivity index (χ3n) is 5.46. The smallest absolute Gasteiger partial charge is 0.254 e. The highest BCUT2D eigenvalue weighted by Crippen LogP contribution is 2.33. The Bertz CT molecular complexity index is 815. The number of hydrogen-bond acceptors (Lipinski definition) is 5. The normalized spacial score (nSPS) is 18.0. The molecule has 1 aromatic heterocycles. The minimum Gasteiger partial charge on any atom is -0.454 e. The maximum Gasteiger partial charge on any atom is 0.254 e. The molecular weight excluding hydrogens is 344 g/mol. The Morgan fingerprint density at radius 2 is 2.04 bits per heavy atom. The van der Waals surface area contributed by atoms with Crippen LogP contribution in [-0.2, 0) is 6.54 Å². The molecule has 0 radical (unpaired) electrons. The van der Waals surface area contributed by atoms with E-state index in [1.807, 2.05) is 29.3 Å². The number of amides is 1. The summed E-state index contributed by atoms with van der Waals surface area (Å²) in [5.74, 6) is 1.36. The molecule has 1 atom stereocenters. The van der Waals surface area contributed by atoms with Crippen molar-refractivity contribution in [2.45, 2.75) is 32.9 Å². The molecule has 2 aromatic rings. The van der Waals surface area contributed by atoms with Gasteiger partial charge in [0.05, 0.1) is 18.3 Å². The number of fused-ring (bicyclic) bond motifs is 2. The van der Waals surface area contributed by atoms with Gasteiger partial charge in [-0.05, 0) is 43.8 Å². The Kier molecular flexibility index (Phi) is 5.03. The van der Waals surface area contributed by atoms with E-state index in [0.29, 0.717) is 30.2 Å². The van der Waals surface area contributed by atoms with Crippen LogP contribution in [0.5, 0.6) is 11.5 Å². The minimum atomic E-state index is 0.0218. The Morgan fingerprint density at radius 3 is 2.85 bits per heavy atom. The Labute approximate surface area is 159 Å². The molecule has 0 saturated carbocycles. The maximum absolute atomic E-state index is 13.1. The molecule has 144 valence electrons. The highest BCUT2D eigenvalue weighted by atomic mass is 16.7. The fourth-order valence-electron chi connectivity index (χ4n) is 3.84. The summed E-state index contributed by atoms with van der Waals surface area (Å²) in [6, 6.07) is 7.60. The summed E-state index contributed by atoms with van der Waals surface area (Å²) >= 11 is 0. The van der Waals surface area contributed by atoms with Gasteiger partial charge in [0.25, 0.3) is 5.91 Å². The second-order valence-corrected chi connectivity index (χ2v) is 6.99. The summed E-state index contributed by atoms with van der Waals surface area (Å²) in [6.07, 6.45) is 2.80. The predicted molar refractivity (Wildman–Crippen MR) is 101 cm³/mol. The monoisotopic (exact) mass is 370 g/mol. The standard InChI is InChI=1S/C20H26N4O3/c1-3-22(4-2)10-8-17-13-23(12-16-7-9-21-24(16)17)20(25)15-5-6-18-19(11-15)27-14-26-18/h5-7,9,11,17H,3-4,8,10,12-14H2,1-2H3/t17-/m0/s1. The Balaban J connectivity index is 1.51. The van der Waals surface area contributed by atoms with Crippen molar-refractivity contribution in [3.05, 3.63) is 41.7 Å². The van der Waals surface area contributed by atoms with E-state index >= 15 is 0 Å². The van der Waals surface area contributed by atoms with E-state index in [1.165, 1.54) is 0 Å². The Morgan fingerprint density at radius 1 is 1.22 bits per heavy atom. The van der Waals surface area contributed by atoms with Crippen LogP contribution < -0.4 is 9.47 Å². The van der Waals surface area contributed by atoms with Crippen LogP contribution in [0.1, 0.15) is 42.4 Å². The van der Waals surface area contributed by atoms with Gasteiger partial charge in [-0.1, -0.05) is 13.8 Å². The van der Waals surface area contributed by atoms with Crippen LogP contribution >= 0.6 is 0 Å². The largest absolute Gasteiger partial charge is 0.454 e. The zero-order valence-corrected chi connectivity index (χ0v) is 15.9. The molecule has 7 heteroatoms. The average Bonchev–Trinajstić information content (AvgIpc) is 3.36. The lowest BCUT2D eigenvalue weighted by Gasteiger charge is -2.35. The quantitative estimate of drug-likeness (QED) is 0.782. The third-order valence-corrected chi connectivity index (χ3v) is 5.46. The molecule has 27 heavy (non-hydrogen) atoms. The molecular formula is C20H26N4O3. The van der Waals surface area contributed by atoms with Crippen LogP contribution in [-0.4, -0.2) is 58.5 Å². The molecule has 2 aliphatic rings. The first kappa shape index (κ1) is 17.9. The minimum absolute atomic E-state index is 0.0218. The molecule has 7 nitrogen and oxygen atoms in total. The van der Waals surface area contributed by atoms with Crippen LogP contribution in [0.25, 0.3) is 0 Å². The van der Waals surface area contributed by atoms with Gasteiger partial charge in [-0.25, -0.2) is 0 Å². The summed E-state index contributed by atoms with van der Waals surface area (Å²) in [5.41, 5.74) is 1.72. The van der Waals surface area contributed by atoms with Crippen molar-refractivity contribution in [3.63, 3.8) is 0 Å². The molecule has 0 spiro atoms. The molecule has 0 bridgehead atoms. The van der Waals surface area contributed by atoms with Crippen molar-refractivity contribution in [3.8, 4) is 11.5 Å². The van der Waals surface area contributed by atoms with Crippen LogP contribution in [0.4, 0.5) is 0 Å². The van der Waals surface area contributed by atoms with E-state index in [-0.39, 0.29) is 18.7 Å². The van der Waals surface area contributed by atoms with Crippen molar-refractivity contribution >= 4 is 5.91 Å². The first-order valence-electron chi connectivity index (χ1n) is 9.63. The molecule has 3 heterocycles. The van der Waals surface area contributed by atoms with Crippen molar-refractivity contribution < 1.29 is 14.3 Å². The molecule has 0 saturated heterocycles. The lowest BCUT2D eigenvalue weighted by atomic mass is 10.1. The first-order chi connectivity index (χ1) is 13.2. The third kappa shape index (κ3) is 3.51. The number of carbonyl (C=O) groups is 1. The van der Waals surface area contributed by atoms with Crippen LogP contribution in [0.2, 0.25) is 0 Å². The molecule has 2 aliphatic heterocycles. The van der Waals surface area contributed by atoms with Crippen molar-refractivity contribution in [2.24, 2.45) is 0 Å². The summed E-state index contributed by atoms with van der Waals surface area (Å²) in [6.45, 7) is 8.90. The van der Waals surface area contributed by atoms with Gasteiger partial charge in [0, 0.05) is 24.8 Å². The maximum atomic E-state index is 13.1. The second-order valence-electron chi connectivity index (χ2n) is 6.99. The van der Waals surface area contributed by atoms with Crippen molar-refractivity contribution in [1.29, 1.82) is 0 Å². The number of ether oxygens (including phenoxy) is 2. The van der Waals surface area contributed by atoms with Crippen molar-refractivity contribution in [1.82, 2.24) is 19.6 Å². The van der Waals surface area contributed by atoms with Gasteiger partial charge in [-0.15, -0.1) is 0 Å². The zero-order chi connectivity index (χ0) is 18.8. The topological polar surface area (TPSA) is 59.8 Å². The van der Waals surface area contributed by atoms with Gasteiger partial charge < -0.3 is 19.3 Å². The number of benzene rings is 1. The molecule has 1 amide bonds. The number of nitrogens with zero attached hydrogens (tertiary/aromatic N) is 4. The summed E-state index contributed by atoms with van der Waals surface area (Å²) in [5, 5.41) is 4.51. The highest BCUT2D eigenvalue weighted by Gasteiger charge is 2.30. The highest BCUT2D eigenvalue weighted by molar-refractivity contribution is 5.95. The molecule has 4 rings (SSSR count). The molecule has 0 aliphatic carbocycles. The lowest BCUT2D eigenvalue weighted by molar-refractivity contribution is 0.0656. The number of rotatable bonds is 6. The van der Waals surface area contributed by atoms with E-state index < -0.39 is 0 Å². The lowest BCUT2D eigenvalue weighted by Crippen LogP contribution is -2.42. The molecule has 1 aromatic carbocycles. The fourth-order valence-corrected chi connectivity index (χ4v) is 3.84. The summed E-state index contributed by atoms with van der Waals surface area (Å²) in [7, 11) is 0. The zero-order valence-electron chi connectivity index (χ0n) is 15.9. The van der Waals surface area contributed by atoms with Gasteiger partial charge in [-0.3, -0.25) is 9.48 Å². The van der Waals surface area contributed by atoms with E-state index in [4.69, 9.17) is 9.47 Å². The molecule has 0 unspecified atom stereocenters. The van der Waals surface area contributed by atoms with E-state index in [1.54, 1.807) is 6.07 Å². The molecule has 0 N–H and O–H groups in total. The van der Waals surface area contributed by atoms with Crippen LogP contribution in [0.3, 0.4) is 0 Å². The van der Waals surface area contributed by atoms with E-state index in [9.17, 15) is 4.79 Å². The van der Waals surface area contributed by atoms with Crippen LogP contribution in [0.15, 0.2) is 30.5 Å². The van der Waals surface area contributed by atoms with Gasteiger partial charge in [0.15, 0.2) is 11.5 Å². The van der Waals surface area contributed by atoms with Gasteiger partial charge >= 0.3 is 0 Å². The van der Waals surface area contributed by atoms with Gasteiger partial charge in [0.2, 0.25) is 6.79 Å². The first-order valence-corrected chi connectivity index (χ1v) is 9.63. The summed E-state index contributed by atoms with van der Waals surface area (Å²) < 4.78 is 12.9. The SMILES string of the molecule is CCN(CC)CC[C@H]1CN(C(=O)c2ccc3c(c2)OCO3)Cc2ccnn21. The van der Waals surface area contributed by atoms with Gasteiger partial charge in [-0.2, -0.15) is 5.10 Å². The number of carbonyl (C=O) groups excluding carboxylic acids is 1. The fraction of sp³-hybridized carbons (Fsp3) is 0.500. The molecule has 0 fully saturated rings. The number of aromatic nitrogens is 2. The average molecular weight is 370 g/mol. The Hall–Kier alpha value is -2.54.